The van der Waals surface area contributed by atoms with Gasteiger partial charge in [-0.15, -0.1) is 0 Å². The van der Waals surface area contributed by atoms with E-state index >= 15 is 0 Å². The van der Waals surface area contributed by atoms with Gasteiger partial charge in [0.15, 0.2) is 9.84 Å². The van der Waals surface area contributed by atoms with Crippen molar-refractivity contribution in [3.05, 3.63) is 78.4 Å². The lowest BCUT2D eigenvalue weighted by atomic mass is 9.88. The highest BCUT2D eigenvalue weighted by Gasteiger charge is 2.54. The van der Waals surface area contributed by atoms with E-state index in [0.29, 0.717) is 57.6 Å². The first-order valence-corrected chi connectivity index (χ1v) is 19.9. The zero-order valence-corrected chi connectivity index (χ0v) is 29.1. The van der Waals surface area contributed by atoms with Crippen molar-refractivity contribution in [1.29, 1.82) is 0 Å². The van der Waals surface area contributed by atoms with Crippen LogP contribution in [0.15, 0.2) is 82.6 Å². The molecule has 3 aromatic rings. The van der Waals surface area contributed by atoms with Crippen LogP contribution in [0.5, 0.6) is 5.75 Å². The number of hydrogen-bond donors (Lipinski definition) is 4. The van der Waals surface area contributed by atoms with E-state index in [-0.39, 0.29) is 34.5 Å². The first kappa shape index (κ1) is 34.6. The Kier molecular flexibility index (Phi) is 9.19. The van der Waals surface area contributed by atoms with Crippen molar-refractivity contribution in [3.63, 3.8) is 0 Å². The number of nitrogens with one attached hydrogen (secondary N) is 1. The first-order chi connectivity index (χ1) is 23.4. The van der Waals surface area contributed by atoms with Gasteiger partial charge in [-0.25, -0.2) is 16.8 Å². The zero-order chi connectivity index (χ0) is 34.5. The Balaban J connectivity index is 0.884. The number of rotatable bonds is 13. The fraction of sp³-hybridized carbons (Fsp3) is 0.500. The van der Waals surface area contributed by atoms with E-state index in [4.69, 9.17) is 15.2 Å². The standard InChI is InChI=1S/C36H45N3O8S2/c37-36(13-14-36)28-9-7-26(8-10-28)27-3-1-6-33(19-27)49(44,45)39-17-15-34(16-18-39)21-29(23-47-34)38-22-30(41)24-46-31-4-2-5-32(20-31)48(42,43)35(25-40)11-12-35/h1-10,19-20,29-30,38,40-41H,11-18,21-25,37H2. The molecule has 2 unspecified atom stereocenters. The third-order valence-electron chi connectivity index (χ3n) is 10.8. The Morgan fingerprint density at radius 3 is 2.27 bits per heavy atom. The van der Waals surface area contributed by atoms with Gasteiger partial charge in [-0.2, -0.15) is 4.31 Å². The molecule has 264 valence electrons. The lowest BCUT2D eigenvalue weighted by Crippen LogP contribution is -2.47. The van der Waals surface area contributed by atoms with Gasteiger partial charge in [0.1, 0.15) is 18.5 Å². The largest absolute Gasteiger partial charge is 0.491 e. The van der Waals surface area contributed by atoms with Crippen molar-refractivity contribution in [2.24, 2.45) is 5.73 Å². The highest BCUT2D eigenvalue weighted by molar-refractivity contribution is 7.93. The molecule has 2 aliphatic carbocycles. The smallest absolute Gasteiger partial charge is 0.243 e. The van der Waals surface area contributed by atoms with Gasteiger partial charge < -0.3 is 30.7 Å². The highest BCUT2D eigenvalue weighted by atomic mass is 32.2. The van der Waals surface area contributed by atoms with Gasteiger partial charge in [0.2, 0.25) is 10.0 Å². The number of ether oxygens (including phenoxy) is 2. The molecule has 4 fully saturated rings. The second kappa shape index (κ2) is 13.0. The van der Waals surface area contributed by atoms with Crippen molar-refractivity contribution in [2.45, 2.75) is 82.8 Å². The van der Waals surface area contributed by atoms with E-state index in [1.165, 1.54) is 12.1 Å². The normalized spacial score (nSPS) is 23.3. The van der Waals surface area contributed by atoms with Crippen LogP contribution in [-0.2, 0) is 30.1 Å². The molecule has 0 bridgehead atoms. The summed E-state index contributed by atoms with van der Waals surface area (Å²) in [7, 11) is -7.36. The second-order valence-corrected chi connectivity index (χ2v) is 18.5. The lowest BCUT2D eigenvalue weighted by molar-refractivity contribution is -0.0312. The summed E-state index contributed by atoms with van der Waals surface area (Å²) in [4.78, 5) is 0.376. The summed E-state index contributed by atoms with van der Waals surface area (Å²) in [5, 5.41) is 23.5. The molecule has 2 saturated carbocycles. The van der Waals surface area contributed by atoms with Crippen LogP contribution in [-0.4, -0.2) is 93.3 Å². The van der Waals surface area contributed by atoms with Crippen molar-refractivity contribution in [2.75, 3.05) is 39.5 Å². The molecular weight excluding hydrogens is 667 g/mol. The number of aliphatic hydroxyl groups is 2. The molecule has 2 aliphatic heterocycles. The number of hydrogen-bond acceptors (Lipinski definition) is 10. The van der Waals surface area contributed by atoms with Crippen LogP contribution in [0.2, 0.25) is 0 Å². The number of sulfone groups is 1. The monoisotopic (exact) mass is 711 g/mol. The van der Waals surface area contributed by atoms with E-state index in [1.54, 1.807) is 34.6 Å². The SMILES string of the molecule is NC1(c2ccc(-c3cccc(S(=O)(=O)N4CCC5(CC4)CC(NCC(O)COc4cccc(S(=O)(=O)C6(CO)CC6)c4)CO5)c3)cc2)CC1. The first-order valence-electron chi connectivity index (χ1n) is 17.0. The molecule has 0 amide bonds. The van der Waals surface area contributed by atoms with Gasteiger partial charge in [-0.3, -0.25) is 0 Å². The molecule has 1 spiro atoms. The fourth-order valence-corrected chi connectivity index (χ4v) is 10.4. The maximum Gasteiger partial charge on any atom is 0.243 e. The molecule has 0 radical (unpaired) electrons. The zero-order valence-electron chi connectivity index (χ0n) is 27.5. The van der Waals surface area contributed by atoms with Gasteiger partial charge in [0.25, 0.3) is 0 Å². The molecule has 49 heavy (non-hydrogen) atoms. The van der Waals surface area contributed by atoms with Crippen molar-refractivity contribution >= 4 is 19.9 Å². The topological polar surface area (TPSA) is 168 Å². The van der Waals surface area contributed by atoms with Crippen LogP contribution >= 0.6 is 0 Å². The molecule has 2 saturated heterocycles. The average Bonchev–Trinajstić information content (AvgIpc) is 4.05. The summed E-state index contributed by atoms with van der Waals surface area (Å²) in [5.74, 6) is 0.331. The van der Waals surface area contributed by atoms with Crippen LogP contribution in [0.25, 0.3) is 11.1 Å². The predicted molar refractivity (Wildman–Crippen MR) is 184 cm³/mol. The molecule has 3 aromatic carbocycles. The summed E-state index contributed by atoms with van der Waals surface area (Å²) >= 11 is 0. The average molecular weight is 712 g/mol. The molecule has 11 nitrogen and oxygen atoms in total. The number of aliphatic hydroxyl groups excluding tert-OH is 2. The molecule has 0 aromatic heterocycles. The van der Waals surface area contributed by atoms with Gasteiger partial charge >= 0.3 is 0 Å². The third kappa shape index (κ3) is 6.92. The minimum atomic E-state index is -3.69. The van der Waals surface area contributed by atoms with E-state index in [1.807, 2.05) is 30.3 Å². The van der Waals surface area contributed by atoms with Crippen LogP contribution in [0.3, 0.4) is 0 Å². The number of sulfonamides is 1. The predicted octanol–water partition coefficient (Wildman–Crippen LogP) is 2.94. The Hall–Kier alpha value is -2.88. The summed E-state index contributed by atoms with van der Waals surface area (Å²) in [6, 6.07) is 21.3. The molecule has 7 rings (SSSR count). The number of benzene rings is 3. The maximum atomic E-state index is 13.7. The van der Waals surface area contributed by atoms with Crippen LogP contribution in [0.1, 0.15) is 50.5 Å². The van der Waals surface area contributed by atoms with E-state index < -0.39 is 42.9 Å². The van der Waals surface area contributed by atoms with Crippen LogP contribution < -0.4 is 15.8 Å². The number of nitrogens with zero attached hydrogens (tertiary/aromatic N) is 1. The highest BCUT2D eigenvalue weighted by Crippen LogP contribution is 2.47. The minimum absolute atomic E-state index is 0.00312. The molecular formula is C36H45N3O8S2. The molecule has 5 N–H and O–H groups in total. The van der Waals surface area contributed by atoms with Gasteiger partial charge in [-0.1, -0.05) is 42.5 Å². The van der Waals surface area contributed by atoms with Gasteiger partial charge in [0, 0.05) is 31.2 Å². The summed E-state index contributed by atoms with van der Waals surface area (Å²) in [6.45, 7) is 0.985. The van der Waals surface area contributed by atoms with Gasteiger partial charge in [0.05, 0.1) is 33.4 Å². The van der Waals surface area contributed by atoms with E-state index in [9.17, 15) is 27.0 Å². The van der Waals surface area contributed by atoms with Crippen LogP contribution in [0.4, 0.5) is 0 Å². The third-order valence-corrected chi connectivity index (χ3v) is 15.2. The minimum Gasteiger partial charge on any atom is -0.491 e. The van der Waals surface area contributed by atoms with Gasteiger partial charge in [-0.05, 0) is 92.0 Å². The quantitative estimate of drug-likeness (QED) is 0.207. The summed E-state index contributed by atoms with van der Waals surface area (Å²) in [5.41, 5.74) is 8.59. The van der Waals surface area contributed by atoms with Crippen LogP contribution in [0, 0.1) is 0 Å². The molecule has 13 heteroatoms. The molecule has 2 heterocycles. The summed E-state index contributed by atoms with van der Waals surface area (Å²) in [6.07, 6.45) is 3.86. The Morgan fingerprint density at radius 1 is 0.898 bits per heavy atom. The number of nitrogens with two attached hydrogens (primary N) is 1. The second-order valence-electron chi connectivity index (χ2n) is 14.3. The Labute approximate surface area is 288 Å². The maximum absolute atomic E-state index is 13.7. The van der Waals surface area contributed by atoms with Crippen molar-refractivity contribution in [3.8, 4) is 16.9 Å². The Morgan fingerprint density at radius 2 is 1.59 bits per heavy atom. The number of piperidine rings is 1. The van der Waals surface area contributed by atoms with E-state index in [2.05, 4.69) is 5.32 Å². The van der Waals surface area contributed by atoms with E-state index in [0.717, 1.165) is 29.5 Å². The molecule has 2 atom stereocenters. The van der Waals surface area contributed by atoms with Crippen molar-refractivity contribution in [1.82, 2.24) is 9.62 Å². The fourth-order valence-electron chi connectivity index (χ4n) is 7.05. The summed E-state index contributed by atoms with van der Waals surface area (Å²) < 4.78 is 65.6. The Bertz CT molecular complexity index is 1880. The molecule has 4 aliphatic rings. The lowest BCUT2D eigenvalue weighted by Gasteiger charge is -2.38. The van der Waals surface area contributed by atoms with Crippen molar-refractivity contribution < 1.29 is 36.5 Å².